The summed E-state index contributed by atoms with van der Waals surface area (Å²) in [4.78, 5) is 23.4. The Bertz CT molecular complexity index is 724. The number of rotatable bonds is 8. The largest absolute Gasteiger partial charge is 0.493 e. The molecule has 0 radical (unpaired) electrons. The summed E-state index contributed by atoms with van der Waals surface area (Å²) in [5.74, 6) is 2.60. The highest BCUT2D eigenvalue weighted by atomic mass is 16.5. The SMILES string of the molecule is CN=C(NCCc1ccc(OCC(C)C)cc1)N1CCN(CC(=O)N2CCOCC2)CC1. The van der Waals surface area contributed by atoms with Gasteiger partial charge in [-0.2, -0.15) is 0 Å². The molecule has 2 aliphatic heterocycles. The third-order valence-electron chi connectivity index (χ3n) is 5.81. The lowest BCUT2D eigenvalue weighted by Crippen LogP contribution is -2.55. The van der Waals surface area contributed by atoms with Gasteiger partial charge in [-0.05, 0) is 30.0 Å². The van der Waals surface area contributed by atoms with Gasteiger partial charge in [-0.1, -0.05) is 26.0 Å². The zero-order valence-corrected chi connectivity index (χ0v) is 19.9. The maximum atomic E-state index is 12.5. The minimum Gasteiger partial charge on any atom is -0.493 e. The second kappa shape index (κ2) is 12.6. The van der Waals surface area contributed by atoms with Crippen molar-refractivity contribution in [1.29, 1.82) is 0 Å². The minimum atomic E-state index is 0.213. The lowest BCUT2D eigenvalue weighted by molar-refractivity contribution is -0.136. The van der Waals surface area contributed by atoms with E-state index in [4.69, 9.17) is 9.47 Å². The van der Waals surface area contributed by atoms with Crippen molar-refractivity contribution in [3.05, 3.63) is 29.8 Å². The van der Waals surface area contributed by atoms with Gasteiger partial charge in [-0.15, -0.1) is 0 Å². The first-order valence-corrected chi connectivity index (χ1v) is 11.8. The quantitative estimate of drug-likeness (QED) is 0.481. The number of morpholine rings is 1. The third-order valence-corrected chi connectivity index (χ3v) is 5.81. The van der Waals surface area contributed by atoms with E-state index >= 15 is 0 Å². The van der Waals surface area contributed by atoms with Gasteiger partial charge in [0.2, 0.25) is 5.91 Å². The molecule has 1 N–H and O–H groups in total. The summed E-state index contributed by atoms with van der Waals surface area (Å²) in [7, 11) is 1.83. The van der Waals surface area contributed by atoms with Crippen LogP contribution in [0.2, 0.25) is 0 Å². The van der Waals surface area contributed by atoms with E-state index in [0.29, 0.717) is 38.8 Å². The summed E-state index contributed by atoms with van der Waals surface area (Å²) in [5.41, 5.74) is 1.27. The molecule has 1 aromatic carbocycles. The number of nitrogens with zero attached hydrogens (tertiary/aromatic N) is 4. The Morgan fingerprint density at radius 1 is 1.06 bits per heavy atom. The van der Waals surface area contributed by atoms with Crippen molar-refractivity contribution in [2.75, 3.05) is 79.2 Å². The van der Waals surface area contributed by atoms with Gasteiger partial charge in [0.1, 0.15) is 5.75 Å². The Kier molecular flexibility index (Phi) is 9.62. The summed E-state index contributed by atoms with van der Waals surface area (Å²) >= 11 is 0. The van der Waals surface area contributed by atoms with Crippen molar-refractivity contribution < 1.29 is 14.3 Å². The molecular weight excluding hydrogens is 406 g/mol. The van der Waals surface area contributed by atoms with Crippen LogP contribution in [0.5, 0.6) is 5.75 Å². The Balaban J connectivity index is 1.36. The third kappa shape index (κ3) is 7.67. The highest BCUT2D eigenvalue weighted by Crippen LogP contribution is 2.13. The number of carbonyl (C=O) groups excluding carboxylic acids is 1. The molecule has 178 valence electrons. The Morgan fingerprint density at radius 3 is 2.38 bits per heavy atom. The van der Waals surface area contributed by atoms with Crippen molar-refractivity contribution >= 4 is 11.9 Å². The summed E-state index contributed by atoms with van der Waals surface area (Å²) in [6.07, 6.45) is 0.928. The van der Waals surface area contributed by atoms with Crippen molar-refractivity contribution in [2.45, 2.75) is 20.3 Å². The molecule has 2 aliphatic rings. The fraction of sp³-hybridized carbons (Fsp3) is 0.667. The van der Waals surface area contributed by atoms with Gasteiger partial charge >= 0.3 is 0 Å². The highest BCUT2D eigenvalue weighted by Gasteiger charge is 2.24. The first-order valence-electron chi connectivity index (χ1n) is 11.8. The Hall–Kier alpha value is -2.32. The average Bonchev–Trinajstić information content (AvgIpc) is 2.82. The number of nitrogens with one attached hydrogen (secondary N) is 1. The number of hydrogen-bond donors (Lipinski definition) is 1. The molecular formula is C24H39N5O3. The standard InChI is InChI=1S/C24H39N5O3/c1-20(2)19-32-22-6-4-21(5-7-22)8-9-26-24(25-3)29-12-10-27(11-13-29)18-23(30)28-14-16-31-17-15-28/h4-7,20H,8-19H2,1-3H3,(H,25,26). The summed E-state index contributed by atoms with van der Waals surface area (Å²) in [6, 6.07) is 8.35. The van der Waals surface area contributed by atoms with Crippen LogP contribution in [0.15, 0.2) is 29.3 Å². The molecule has 8 nitrogen and oxygen atoms in total. The van der Waals surface area contributed by atoms with Crippen LogP contribution in [0.4, 0.5) is 0 Å². The number of piperazine rings is 1. The molecule has 0 aromatic heterocycles. The second-order valence-corrected chi connectivity index (χ2v) is 8.83. The molecule has 3 rings (SSSR count). The van der Waals surface area contributed by atoms with Gasteiger partial charge < -0.3 is 24.6 Å². The fourth-order valence-corrected chi connectivity index (χ4v) is 3.89. The molecule has 1 amide bonds. The summed E-state index contributed by atoms with van der Waals surface area (Å²) < 4.78 is 11.1. The maximum Gasteiger partial charge on any atom is 0.236 e. The molecule has 2 fully saturated rings. The van der Waals surface area contributed by atoms with E-state index in [0.717, 1.165) is 57.5 Å². The minimum absolute atomic E-state index is 0.213. The van der Waals surface area contributed by atoms with E-state index in [1.54, 1.807) is 0 Å². The molecule has 0 bridgehead atoms. The average molecular weight is 446 g/mol. The number of hydrogen-bond acceptors (Lipinski definition) is 5. The molecule has 2 heterocycles. The molecule has 8 heteroatoms. The summed E-state index contributed by atoms with van der Waals surface area (Å²) in [6.45, 7) is 12.6. The van der Waals surface area contributed by atoms with Gasteiger partial charge in [0.05, 0.1) is 26.4 Å². The van der Waals surface area contributed by atoms with Crippen molar-refractivity contribution in [3.63, 3.8) is 0 Å². The van der Waals surface area contributed by atoms with E-state index in [1.807, 2.05) is 24.1 Å². The number of ether oxygens (including phenoxy) is 2. The van der Waals surface area contributed by atoms with Crippen molar-refractivity contribution in [3.8, 4) is 5.75 Å². The predicted octanol–water partition coefficient (Wildman–Crippen LogP) is 1.32. The first kappa shape index (κ1) is 24.3. The fourth-order valence-electron chi connectivity index (χ4n) is 3.89. The van der Waals surface area contributed by atoms with Crippen LogP contribution in [0.3, 0.4) is 0 Å². The molecule has 0 aliphatic carbocycles. The van der Waals surface area contributed by atoms with E-state index in [9.17, 15) is 4.79 Å². The molecule has 32 heavy (non-hydrogen) atoms. The van der Waals surface area contributed by atoms with Gasteiger partial charge in [0.15, 0.2) is 5.96 Å². The monoisotopic (exact) mass is 445 g/mol. The van der Waals surface area contributed by atoms with Crippen molar-refractivity contribution in [1.82, 2.24) is 20.0 Å². The van der Waals surface area contributed by atoms with Crippen LogP contribution in [0.1, 0.15) is 19.4 Å². The zero-order chi connectivity index (χ0) is 22.8. The van der Waals surface area contributed by atoms with E-state index in [2.05, 4.69) is 46.1 Å². The number of carbonyl (C=O) groups is 1. The van der Waals surface area contributed by atoms with Gasteiger partial charge in [0, 0.05) is 52.9 Å². The van der Waals surface area contributed by atoms with Crippen LogP contribution in [0, 0.1) is 5.92 Å². The van der Waals surface area contributed by atoms with Gasteiger partial charge in [-0.3, -0.25) is 14.7 Å². The van der Waals surface area contributed by atoms with Gasteiger partial charge in [-0.25, -0.2) is 0 Å². The topological polar surface area (TPSA) is 69.6 Å². The smallest absolute Gasteiger partial charge is 0.236 e. The second-order valence-electron chi connectivity index (χ2n) is 8.83. The lowest BCUT2D eigenvalue weighted by Gasteiger charge is -2.37. The summed E-state index contributed by atoms with van der Waals surface area (Å²) in [5, 5.41) is 3.49. The molecule has 0 spiro atoms. The first-order chi connectivity index (χ1) is 15.5. The molecule has 0 unspecified atom stereocenters. The van der Waals surface area contributed by atoms with Crippen LogP contribution in [-0.4, -0.2) is 106 Å². The van der Waals surface area contributed by atoms with Crippen LogP contribution < -0.4 is 10.1 Å². The number of amides is 1. The van der Waals surface area contributed by atoms with E-state index in [-0.39, 0.29) is 5.91 Å². The predicted molar refractivity (Wildman–Crippen MR) is 127 cm³/mol. The van der Waals surface area contributed by atoms with Crippen LogP contribution >= 0.6 is 0 Å². The highest BCUT2D eigenvalue weighted by molar-refractivity contribution is 5.80. The van der Waals surface area contributed by atoms with Crippen LogP contribution in [-0.2, 0) is 16.0 Å². The number of benzene rings is 1. The molecule has 0 atom stereocenters. The molecule has 1 aromatic rings. The maximum absolute atomic E-state index is 12.5. The lowest BCUT2D eigenvalue weighted by atomic mass is 10.1. The van der Waals surface area contributed by atoms with E-state index in [1.165, 1.54) is 5.56 Å². The number of aliphatic imine (C=N–C) groups is 1. The normalized spacial score (nSPS) is 18.2. The molecule has 2 saturated heterocycles. The van der Waals surface area contributed by atoms with E-state index < -0.39 is 0 Å². The Labute approximate surface area is 192 Å². The number of guanidine groups is 1. The van der Waals surface area contributed by atoms with Gasteiger partial charge in [0.25, 0.3) is 0 Å². The zero-order valence-electron chi connectivity index (χ0n) is 19.9. The molecule has 0 saturated carbocycles. The van der Waals surface area contributed by atoms with Crippen LogP contribution in [0.25, 0.3) is 0 Å². The van der Waals surface area contributed by atoms with Crippen molar-refractivity contribution in [2.24, 2.45) is 10.9 Å². The Morgan fingerprint density at radius 2 is 1.75 bits per heavy atom.